The molecule has 0 heterocycles. The molecule has 4 unspecified atom stereocenters. The van der Waals surface area contributed by atoms with E-state index in [4.69, 9.17) is 28.4 Å². The van der Waals surface area contributed by atoms with E-state index in [0.717, 1.165) is 0 Å². The summed E-state index contributed by atoms with van der Waals surface area (Å²) in [4.78, 5) is 56.4. The van der Waals surface area contributed by atoms with E-state index in [2.05, 4.69) is 0 Å². The van der Waals surface area contributed by atoms with E-state index < -0.39 is 68.9 Å². The highest BCUT2D eigenvalue weighted by molar-refractivity contribution is 6.03. The summed E-state index contributed by atoms with van der Waals surface area (Å²) in [5, 5.41) is 0. The quantitative estimate of drug-likeness (QED) is 0.291. The van der Waals surface area contributed by atoms with Crippen molar-refractivity contribution in [3.05, 3.63) is 22.7 Å². The molecule has 0 aromatic rings. The van der Waals surface area contributed by atoms with E-state index in [-0.39, 0.29) is 22.7 Å². The van der Waals surface area contributed by atoms with Crippen molar-refractivity contribution >= 4 is 23.9 Å². The number of carbonyl (C=O) groups excluding carboxylic acids is 4. The van der Waals surface area contributed by atoms with Gasteiger partial charge in [-0.3, -0.25) is 9.59 Å². The molecule has 0 aromatic carbocycles. The van der Waals surface area contributed by atoms with Gasteiger partial charge in [-0.2, -0.15) is 0 Å². The van der Waals surface area contributed by atoms with Gasteiger partial charge in [-0.15, -0.1) is 0 Å². The first-order chi connectivity index (χ1) is 18.7. The number of ether oxygens (including phenoxy) is 6. The zero-order valence-corrected chi connectivity index (χ0v) is 28.2. The summed E-state index contributed by atoms with van der Waals surface area (Å²) < 4.78 is 34.9. The maximum absolute atomic E-state index is 14.1. The van der Waals surface area contributed by atoms with Gasteiger partial charge in [-0.25, -0.2) is 9.59 Å². The molecule has 2 rings (SSSR count). The van der Waals surface area contributed by atoms with Crippen molar-refractivity contribution in [1.82, 2.24) is 0 Å². The summed E-state index contributed by atoms with van der Waals surface area (Å²) in [7, 11) is 2.64. The van der Waals surface area contributed by atoms with Crippen molar-refractivity contribution in [2.24, 2.45) is 22.7 Å². The van der Waals surface area contributed by atoms with Crippen molar-refractivity contribution in [2.45, 2.75) is 119 Å². The van der Waals surface area contributed by atoms with Gasteiger partial charge in [0.05, 0.1) is 25.4 Å². The minimum atomic E-state index is -1.64. The predicted molar refractivity (Wildman–Crippen MR) is 155 cm³/mol. The molecule has 0 saturated carbocycles. The Morgan fingerprint density at radius 3 is 0.929 bits per heavy atom. The van der Waals surface area contributed by atoms with Gasteiger partial charge in [-0.05, 0) is 83.1 Å². The van der Waals surface area contributed by atoms with Crippen molar-refractivity contribution in [2.75, 3.05) is 14.2 Å². The highest BCUT2D eigenvalue weighted by atomic mass is 16.6. The van der Waals surface area contributed by atoms with E-state index >= 15 is 0 Å². The fourth-order valence-corrected chi connectivity index (χ4v) is 5.86. The van der Waals surface area contributed by atoms with Crippen LogP contribution in [0.15, 0.2) is 22.7 Å². The summed E-state index contributed by atoms with van der Waals surface area (Å²) in [5.74, 6) is -5.96. The SMILES string of the molecule is COC1=C(C(=O)OC(C)(C)C)C2(C)C(C(=O)OC(C)(C)C)C(OC)=C(C(=O)OC(C)(C)C)C2(C)C1C(=O)OC(C)(C)C. The lowest BCUT2D eigenvalue weighted by Gasteiger charge is -2.43. The number of hydrogen-bond acceptors (Lipinski definition) is 10. The third-order valence-corrected chi connectivity index (χ3v) is 7.22. The largest absolute Gasteiger partial charge is 0.500 e. The number of carbonyl (C=O) groups is 4. The van der Waals surface area contributed by atoms with Gasteiger partial charge in [0, 0.05) is 10.8 Å². The van der Waals surface area contributed by atoms with Crippen LogP contribution in [0.1, 0.15) is 96.9 Å². The van der Waals surface area contributed by atoms with Crippen LogP contribution in [0, 0.1) is 22.7 Å². The highest BCUT2D eigenvalue weighted by Crippen LogP contribution is 2.72. The molecule has 0 aromatic heterocycles. The van der Waals surface area contributed by atoms with Crippen LogP contribution in [-0.2, 0) is 47.6 Å². The molecule has 0 saturated heterocycles. The van der Waals surface area contributed by atoms with Crippen LogP contribution >= 0.6 is 0 Å². The second-order valence-electron chi connectivity index (χ2n) is 15.2. The summed E-state index contributed by atoms with van der Waals surface area (Å²) in [5.41, 5.74) is -7.17. The highest BCUT2D eigenvalue weighted by Gasteiger charge is 2.77. The van der Waals surface area contributed by atoms with Crippen molar-refractivity contribution in [3.63, 3.8) is 0 Å². The fraction of sp³-hybridized carbons (Fsp3) is 0.750. The minimum absolute atomic E-state index is 0.0618. The van der Waals surface area contributed by atoms with Gasteiger partial charge in [0.1, 0.15) is 45.8 Å². The second-order valence-corrected chi connectivity index (χ2v) is 15.2. The minimum Gasteiger partial charge on any atom is -0.500 e. The van der Waals surface area contributed by atoms with E-state index in [9.17, 15) is 19.2 Å². The van der Waals surface area contributed by atoms with Crippen molar-refractivity contribution < 1.29 is 47.6 Å². The second kappa shape index (κ2) is 10.9. The number of rotatable bonds is 6. The Bertz CT molecular complexity index is 1100. The molecule has 0 bridgehead atoms. The van der Waals surface area contributed by atoms with Gasteiger partial charge in [-0.1, -0.05) is 13.8 Å². The molecule has 42 heavy (non-hydrogen) atoms. The van der Waals surface area contributed by atoms with E-state index in [0.29, 0.717) is 0 Å². The maximum Gasteiger partial charge on any atom is 0.338 e. The standard InChI is InChI=1S/C32H50O10/c1-27(2,3)39-23(33)17-21(37-15)18(24(34)40-28(4,5)6)32(14)20(26(36)42-30(10,11)12)22(38-16)19(31(17,32)13)25(35)41-29(7,8)9/h17,20H,1-16H3. The molecule has 10 heteroatoms. The predicted octanol–water partition coefficient (Wildman–Crippen LogP) is 5.43. The normalized spacial score (nSPS) is 26.5. The topological polar surface area (TPSA) is 124 Å². The number of fused-ring (bicyclic) bond motifs is 1. The Morgan fingerprint density at radius 2 is 0.738 bits per heavy atom. The lowest BCUT2D eigenvalue weighted by atomic mass is 9.58. The zero-order valence-electron chi connectivity index (χ0n) is 28.2. The average molecular weight is 595 g/mol. The van der Waals surface area contributed by atoms with Crippen LogP contribution in [0.2, 0.25) is 0 Å². The van der Waals surface area contributed by atoms with Gasteiger partial charge in [0.15, 0.2) is 0 Å². The monoisotopic (exact) mass is 594 g/mol. The Balaban J connectivity index is 3.13. The molecule has 0 amide bonds. The molecule has 0 fully saturated rings. The van der Waals surface area contributed by atoms with Crippen molar-refractivity contribution in [3.8, 4) is 0 Å². The van der Waals surface area contributed by atoms with Gasteiger partial charge in [0.2, 0.25) is 0 Å². The van der Waals surface area contributed by atoms with Crippen LogP contribution in [0.4, 0.5) is 0 Å². The Hall–Kier alpha value is -3.04. The van der Waals surface area contributed by atoms with Crippen molar-refractivity contribution in [1.29, 1.82) is 0 Å². The molecule has 0 spiro atoms. The first-order valence-corrected chi connectivity index (χ1v) is 14.2. The molecule has 4 atom stereocenters. The first kappa shape index (κ1) is 35.2. The summed E-state index contributed by atoms with van der Waals surface area (Å²) in [6.07, 6.45) is 0. The summed E-state index contributed by atoms with van der Waals surface area (Å²) in [6, 6.07) is 0. The lowest BCUT2D eigenvalue weighted by Crippen LogP contribution is -2.50. The first-order valence-electron chi connectivity index (χ1n) is 14.2. The van der Waals surface area contributed by atoms with Crippen LogP contribution in [-0.4, -0.2) is 60.5 Å². The maximum atomic E-state index is 14.1. The Labute approximate surface area is 250 Å². The molecular formula is C32H50O10. The van der Waals surface area contributed by atoms with Crippen LogP contribution in [0.25, 0.3) is 0 Å². The lowest BCUT2D eigenvalue weighted by molar-refractivity contribution is -0.172. The molecule has 2 aliphatic rings. The van der Waals surface area contributed by atoms with Crippen LogP contribution in [0.5, 0.6) is 0 Å². The number of esters is 4. The van der Waals surface area contributed by atoms with E-state index in [1.165, 1.54) is 14.2 Å². The molecule has 0 N–H and O–H groups in total. The molecule has 0 aliphatic heterocycles. The van der Waals surface area contributed by atoms with Crippen LogP contribution < -0.4 is 0 Å². The molecular weight excluding hydrogens is 544 g/mol. The van der Waals surface area contributed by atoms with E-state index in [1.54, 1.807) is 96.9 Å². The zero-order chi connectivity index (χ0) is 33.0. The third-order valence-electron chi connectivity index (χ3n) is 7.22. The van der Waals surface area contributed by atoms with Gasteiger partial charge < -0.3 is 28.4 Å². The Kier molecular flexibility index (Phi) is 9.13. The molecule has 0 radical (unpaired) electrons. The van der Waals surface area contributed by atoms with Crippen LogP contribution in [0.3, 0.4) is 0 Å². The van der Waals surface area contributed by atoms with Gasteiger partial charge in [0.25, 0.3) is 0 Å². The number of methoxy groups -OCH3 is 2. The smallest absolute Gasteiger partial charge is 0.338 e. The van der Waals surface area contributed by atoms with Gasteiger partial charge >= 0.3 is 23.9 Å². The number of hydrogen-bond donors (Lipinski definition) is 0. The molecule has 10 nitrogen and oxygen atoms in total. The third kappa shape index (κ3) is 6.47. The molecule has 238 valence electrons. The summed E-state index contributed by atoms with van der Waals surface area (Å²) >= 11 is 0. The van der Waals surface area contributed by atoms with E-state index in [1.807, 2.05) is 0 Å². The summed E-state index contributed by atoms with van der Waals surface area (Å²) in [6.45, 7) is 23.7. The fourth-order valence-electron chi connectivity index (χ4n) is 5.86. The molecule has 2 aliphatic carbocycles. The Morgan fingerprint density at radius 1 is 0.500 bits per heavy atom. The average Bonchev–Trinajstić information content (AvgIpc) is 3.04.